The lowest BCUT2D eigenvalue weighted by molar-refractivity contribution is 0.573. The Kier molecular flexibility index (Phi) is 4.09. The molecule has 0 aliphatic heterocycles. The van der Waals surface area contributed by atoms with Gasteiger partial charge in [0.15, 0.2) is 0 Å². The first-order valence-electron chi connectivity index (χ1n) is 5.91. The van der Waals surface area contributed by atoms with E-state index < -0.39 is 0 Å². The first-order chi connectivity index (χ1) is 8.54. The van der Waals surface area contributed by atoms with Crippen LogP contribution in [-0.4, -0.2) is 16.3 Å². The molecular formula is C14H18N2OS. The van der Waals surface area contributed by atoms with E-state index in [2.05, 4.69) is 4.98 Å². The summed E-state index contributed by atoms with van der Waals surface area (Å²) < 4.78 is 5.48. The molecule has 0 amide bonds. The lowest BCUT2D eigenvalue weighted by Crippen LogP contribution is -2.34. The lowest BCUT2D eigenvalue weighted by Gasteiger charge is -2.16. The Balaban J connectivity index is 1.95. The Morgan fingerprint density at radius 1 is 1.28 bits per heavy atom. The molecule has 0 spiro atoms. The quantitative estimate of drug-likeness (QED) is 0.898. The number of hydrogen-bond donors (Lipinski definition) is 1. The summed E-state index contributed by atoms with van der Waals surface area (Å²) in [6.07, 6.45) is 1.72. The smallest absolute Gasteiger partial charge is 0.226 e. The zero-order valence-corrected chi connectivity index (χ0v) is 11.5. The van der Waals surface area contributed by atoms with Crippen LogP contribution in [0.2, 0.25) is 0 Å². The number of oxazole rings is 1. The monoisotopic (exact) mass is 262 g/mol. The van der Waals surface area contributed by atoms with E-state index in [1.165, 1.54) is 0 Å². The normalized spacial score (nSPS) is 11.7. The fourth-order valence-electron chi connectivity index (χ4n) is 1.51. The second kappa shape index (κ2) is 5.59. The molecule has 0 aliphatic rings. The molecule has 0 aliphatic carbocycles. The van der Waals surface area contributed by atoms with E-state index in [9.17, 15) is 0 Å². The predicted molar refractivity (Wildman–Crippen MR) is 76.4 cm³/mol. The minimum Gasteiger partial charge on any atom is -0.444 e. The number of nitrogens with two attached hydrogens (primary N) is 1. The largest absolute Gasteiger partial charge is 0.444 e. The molecule has 2 N–H and O–H groups in total. The Labute approximate surface area is 112 Å². The second-order valence-electron chi connectivity index (χ2n) is 4.99. The summed E-state index contributed by atoms with van der Waals surface area (Å²) >= 11 is 1.77. The highest BCUT2D eigenvalue weighted by Gasteiger charge is 2.11. The molecule has 1 heterocycles. The van der Waals surface area contributed by atoms with Crippen LogP contribution >= 0.6 is 11.8 Å². The average Bonchev–Trinajstić information content (AvgIpc) is 2.77. The fourth-order valence-corrected chi connectivity index (χ4v) is 2.48. The van der Waals surface area contributed by atoms with Gasteiger partial charge in [0.05, 0.1) is 5.69 Å². The number of benzene rings is 1. The SMILES string of the molecule is CC(C)(N)CSCc1coc(-c2ccccc2)n1. The predicted octanol–water partition coefficient (Wildman–Crippen LogP) is 3.31. The highest BCUT2D eigenvalue weighted by Crippen LogP contribution is 2.21. The van der Waals surface area contributed by atoms with E-state index in [4.69, 9.17) is 10.2 Å². The van der Waals surface area contributed by atoms with Gasteiger partial charge in [-0.1, -0.05) is 18.2 Å². The van der Waals surface area contributed by atoms with Crippen molar-refractivity contribution in [2.24, 2.45) is 5.73 Å². The van der Waals surface area contributed by atoms with Crippen LogP contribution in [0, 0.1) is 0 Å². The molecule has 96 valence electrons. The molecule has 3 nitrogen and oxygen atoms in total. The first-order valence-corrected chi connectivity index (χ1v) is 7.06. The minimum absolute atomic E-state index is 0.142. The van der Waals surface area contributed by atoms with Crippen molar-refractivity contribution < 1.29 is 4.42 Å². The second-order valence-corrected chi connectivity index (χ2v) is 5.98. The summed E-state index contributed by atoms with van der Waals surface area (Å²) in [5.74, 6) is 2.41. The van der Waals surface area contributed by atoms with Gasteiger partial charge in [-0.3, -0.25) is 0 Å². The van der Waals surface area contributed by atoms with Crippen molar-refractivity contribution in [3.63, 3.8) is 0 Å². The molecule has 2 rings (SSSR count). The van der Waals surface area contributed by atoms with Crippen LogP contribution in [0.5, 0.6) is 0 Å². The Morgan fingerprint density at radius 2 is 2.00 bits per heavy atom. The van der Waals surface area contributed by atoms with Crippen LogP contribution in [0.4, 0.5) is 0 Å². The van der Waals surface area contributed by atoms with E-state index in [1.807, 2.05) is 44.2 Å². The van der Waals surface area contributed by atoms with Gasteiger partial charge in [-0.2, -0.15) is 11.8 Å². The van der Waals surface area contributed by atoms with E-state index in [-0.39, 0.29) is 5.54 Å². The zero-order valence-electron chi connectivity index (χ0n) is 10.7. The number of hydrogen-bond acceptors (Lipinski definition) is 4. The average molecular weight is 262 g/mol. The number of nitrogens with zero attached hydrogens (tertiary/aromatic N) is 1. The molecule has 4 heteroatoms. The van der Waals surface area contributed by atoms with E-state index in [0.717, 1.165) is 22.8 Å². The lowest BCUT2D eigenvalue weighted by atomic mass is 10.1. The van der Waals surface area contributed by atoms with Crippen molar-refractivity contribution in [1.29, 1.82) is 0 Å². The third-order valence-electron chi connectivity index (χ3n) is 2.30. The molecule has 0 radical (unpaired) electrons. The van der Waals surface area contributed by atoms with Crippen LogP contribution in [0.3, 0.4) is 0 Å². The number of aromatic nitrogens is 1. The topological polar surface area (TPSA) is 52.0 Å². The van der Waals surface area contributed by atoms with Gasteiger partial charge in [0.25, 0.3) is 0 Å². The molecule has 18 heavy (non-hydrogen) atoms. The van der Waals surface area contributed by atoms with Crippen LogP contribution in [0.1, 0.15) is 19.5 Å². The van der Waals surface area contributed by atoms with Gasteiger partial charge in [-0.05, 0) is 26.0 Å². The fraction of sp³-hybridized carbons (Fsp3) is 0.357. The highest BCUT2D eigenvalue weighted by atomic mass is 32.2. The molecule has 0 saturated heterocycles. The van der Waals surface area contributed by atoms with E-state index in [0.29, 0.717) is 5.89 Å². The van der Waals surface area contributed by atoms with Crippen molar-refractivity contribution in [3.05, 3.63) is 42.3 Å². The van der Waals surface area contributed by atoms with Crippen molar-refractivity contribution in [1.82, 2.24) is 4.98 Å². The van der Waals surface area contributed by atoms with Crippen molar-refractivity contribution in [2.75, 3.05) is 5.75 Å². The van der Waals surface area contributed by atoms with Crippen LogP contribution in [0.15, 0.2) is 41.0 Å². The van der Waals surface area contributed by atoms with Crippen LogP contribution in [0.25, 0.3) is 11.5 Å². The molecule has 0 saturated carbocycles. The van der Waals surface area contributed by atoms with Gasteiger partial charge in [-0.25, -0.2) is 4.98 Å². The van der Waals surface area contributed by atoms with Crippen LogP contribution in [-0.2, 0) is 5.75 Å². The summed E-state index contributed by atoms with van der Waals surface area (Å²) in [5, 5.41) is 0. The van der Waals surface area contributed by atoms with Gasteiger partial charge in [0, 0.05) is 22.6 Å². The van der Waals surface area contributed by atoms with Crippen molar-refractivity contribution in [3.8, 4) is 11.5 Å². The van der Waals surface area contributed by atoms with Crippen molar-refractivity contribution >= 4 is 11.8 Å². The molecule has 1 aromatic heterocycles. The number of thioether (sulfide) groups is 1. The summed E-state index contributed by atoms with van der Waals surface area (Å²) in [7, 11) is 0. The van der Waals surface area contributed by atoms with Gasteiger partial charge in [0.2, 0.25) is 5.89 Å². The standard InChI is InChI=1S/C14H18N2OS/c1-14(2,15)10-18-9-12-8-17-13(16-12)11-6-4-3-5-7-11/h3-8H,9-10,15H2,1-2H3. The molecule has 2 aromatic rings. The molecule has 0 unspecified atom stereocenters. The Hall–Kier alpha value is -1.26. The third kappa shape index (κ3) is 3.89. The minimum atomic E-state index is -0.142. The molecule has 1 aromatic carbocycles. The van der Waals surface area contributed by atoms with E-state index in [1.54, 1.807) is 18.0 Å². The molecule has 0 atom stereocenters. The maximum absolute atomic E-state index is 5.93. The summed E-state index contributed by atoms with van der Waals surface area (Å²) in [6, 6.07) is 9.92. The third-order valence-corrected chi connectivity index (χ3v) is 3.74. The molecule has 0 fully saturated rings. The summed E-state index contributed by atoms with van der Waals surface area (Å²) in [4.78, 5) is 4.47. The maximum atomic E-state index is 5.93. The Morgan fingerprint density at radius 3 is 2.67 bits per heavy atom. The zero-order chi connectivity index (χ0) is 13.0. The van der Waals surface area contributed by atoms with Gasteiger partial charge >= 0.3 is 0 Å². The van der Waals surface area contributed by atoms with E-state index >= 15 is 0 Å². The summed E-state index contributed by atoms with van der Waals surface area (Å²) in [5.41, 5.74) is 7.76. The first kappa shape index (κ1) is 13.2. The van der Waals surface area contributed by atoms with Gasteiger partial charge < -0.3 is 10.2 Å². The molecule has 0 bridgehead atoms. The maximum Gasteiger partial charge on any atom is 0.226 e. The summed E-state index contributed by atoms with van der Waals surface area (Å²) in [6.45, 7) is 4.05. The van der Waals surface area contributed by atoms with Gasteiger partial charge in [0.1, 0.15) is 6.26 Å². The Bertz CT molecular complexity index is 488. The highest BCUT2D eigenvalue weighted by molar-refractivity contribution is 7.98. The number of rotatable bonds is 5. The van der Waals surface area contributed by atoms with Crippen LogP contribution < -0.4 is 5.73 Å². The van der Waals surface area contributed by atoms with Gasteiger partial charge in [-0.15, -0.1) is 0 Å². The van der Waals surface area contributed by atoms with Crippen molar-refractivity contribution in [2.45, 2.75) is 25.1 Å². The molecular weight excluding hydrogens is 244 g/mol.